The lowest BCUT2D eigenvalue weighted by molar-refractivity contribution is 0.633. The summed E-state index contributed by atoms with van der Waals surface area (Å²) in [6, 6.07) is 10.0. The Morgan fingerprint density at radius 2 is 2.20 bits per heavy atom. The summed E-state index contributed by atoms with van der Waals surface area (Å²) in [5, 5.41) is 3.29. The van der Waals surface area contributed by atoms with Crippen LogP contribution in [0, 0.1) is 0 Å². The van der Waals surface area contributed by atoms with E-state index < -0.39 is 0 Å². The van der Waals surface area contributed by atoms with Crippen molar-refractivity contribution in [1.29, 1.82) is 0 Å². The van der Waals surface area contributed by atoms with Gasteiger partial charge in [0.2, 0.25) is 0 Å². The van der Waals surface area contributed by atoms with Gasteiger partial charge in [-0.3, -0.25) is 4.79 Å². The molecule has 0 amide bonds. The maximum absolute atomic E-state index is 11.6. The van der Waals surface area contributed by atoms with Gasteiger partial charge in [-0.25, -0.2) is 4.98 Å². The molecule has 1 heterocycles. The highest BCUT2D eigenvalue weighted by atomic mass is 16.1. The van der Waals surface area contributed by atoms with Crippen LogP contribution in [0.3, 0.4) is 0 Å². The third kappa shape index (κ3) is 2.46. The van der Waals surface area contributed by atoms with Gasteiger partial charge >= 0.3 is 0 Å². The minimum atomic E-state index is -0.0970. The first-order valence-electron chi connectivity index (χ1n) is 7.06. The molecular formula is C16H19N3O. The highest BCUT2D eigenvalue weighted by molar-refractivity contribution is 5.42. The van der Waals surface area contributed by atoms with Crippen molar-refractivity contribution < 1.29 is 0 Å². The highest BCUT2D eigenvalue weighted by Crippen LogP contribution is 2.34. The zero-order valence-corrected chi connectivity index (χ0v) is 11.8. The maximum atomic E-state index is 11.6. The Hall–Kier alpha value is -2.10. The fourth-order valence-electron chi connectivity index (χ4n) is 2.61. The molecule has 104 valence electrons. The van der Waals surface area contributed by atoms with Crippen molar-refractivity contribution in [3.63, 3.8) is 0 Å². The van der Waals surface area contributed by atoms with E-state index in [-0.39, 0.29) is 11.5 Å². The van der Waals surface area contributed by atoms with E-state index in [1.165, 1.54) is 17.2 Å². The predicted octanol–water partition coefficient (Wildman–Crippen LogP) is 2.65. The molecule has 0 saturated carbocycles. The molecule has 0 fully saturated rings. The van der Waals surface area contributed by atoms with Gasteiger partial charge in [0.05, 0.1) is 0 Å². The van der Waals surface area contributed by atoms with Crippen LogP contribution in [0.5, 0.6) is 0 Å². The predicted molar refractivity (Wildman–Crippen MR) is 80.3 cm³/mol. The molecule has 0 spiro atoms. The lowest BCUT2D eigenvalue weighted by Crippen LogP contribution is -2.25. The molecule has 1 aliphatic rings. The Labute approximate surface area is 118 Å². The lowest BCUT2D eigenvalue weighted by atomic mass is 9.77. The molecule has 1 aliphatic carbocycles. The third-order valence-electron chi connectivity index (χ3n) is 3.80. The van der Waals surface area contributed by atoms with Gasteiger partial charge in [0.15, 0.2) is 0 Å². The number of hydrogen-bond donors (Lipinski definition) is 2. The van der Waals surface area contributed by atoms with Crippen LogP contribution in [0.2, 0.25) is 0 Å². The van der Waals surface area contributed by atoms with E-state index in [4.69, 9.17) is 0 Å². The van der Waals surface area contributed by atoms with Gasteiger partial charge < -0.3 is 10.3 Å². The van der Waals surface area contributed by atoms with E-state index >= 15 is 0 Å². The number of fused-ring (bicyclic) bond motifs is 1. The van der Waals surface area contributed by atoms with Crippen molar-refractivity contribution in [3.8, 4) is 0 Å². The van der Waals surface area contributed by atoms with Crippen LogP contribution in [0.25, 0.3) is 0 Å². The van der Waals surface area contributed by atoms with Gasteiger partial charge in [0, 0.05) is 24.4 Å². The Bertz CT molecular complexity index is 675. The molecule has 4 heteroatoms. The number of anilines is 1. The molecule has 3 rings (SSSR count). The largest absolute Gasteiger partial charge is 0.369 e. The number of aromatic amines is 1. The number of nitrogens with zero attached hydrogens (tertiary/aromatic N) is 1. The minimum Gasteiger partial charge on any atom is -0.369 e. The number of H-pyrrole nitrogens is 1. The van der Waals surface area contributed by atoms with Crippen molar-refractivity contribution >= 4 is 5.82 Å². The molecule has 1 aromatic heterocycles. The van der Waals surface area contributed by atoms with Gasteiger partial charge in [0.1, 0.15) is 11.6 Å². The van der Waals surface area contributed by atoms with E-state index in [0.717, 1.165) is 18.8 Å². The molecule has 1 unspecified atom stereocenters. The summed E-state index contributed by atoms with van der Waals surface area (Å²) in [7, 11) is 0. The summed E-state index contributed by atoms with van der Waals surface area (Å²) >= 11 is 0. The van der Waals surface area contributed by atoms with Crippen LogP contribution in [0.4, 0.5) is 5.82 Å². The van der Waals surface area contributed by atoms with Crippen LogP contribution in [0.1, 0.15) is 42.6 Å². The van der Waals surface area contributed by atoms with E-state index in [9.17, 15) is 4.79 Å². The van der Waals surface area contributed by atoms with Gasteiger partial charge in [-0.05, 0) is 17.5 Å². The molecular weight excluding hydrogens is 250 g/mol. The van der Waals surface area contributed by atoms with E-state index in [1.807, 2.05) is 13.8 Å². The second kappa shape index (κ2) is 5.12. The topological polar surface area (TPSA) is 57.8 Å². The Morgan fingerprint density at radius 1 is 1.40 bits per heavy atom. The minimum absolute atomic E-state index is 0.0970. The standard InChI is InChI=1S/C16H19N3O/c1-10(2)16-18-14(8-15(20)19-16)17-9-12-7-11-5-3-4-6-13(11)12/h3-6,8,10,12H,7,9H2,1-2H3,(H2,17,18,19,20). The molecule has 0 bridgehead atoms. The Balaban J connectivity index is 1.70. The molecule has 0 saturated heterocycles. The summed E-state index contributed by atoms with van der Waals surface area (Å²) in [5.41, 5.74) is 2.75. The number of rotatable bonds is 4. The molecule has 0 radical (unpaired) electrons. The van der Waals surface area contributed by atoms with E-state index in [0.29, 0.717) is 11.7 Å². The summed E-state index contributed by atoms with van der Waals surface area (Å²) in [6.07, 6.45) is 1.10. The fraction of sp³-hybridized carbons (Fsp3) is 0.375. The summed E-state index contributed by atoms with van der Waals surface area (Å²) in [6.45, 7) is 4.86. The van der Waals surface area contributed by atoms with Gasteiger partial charge in [0.25, 0.3) is 5.56 Å². The van der Waals surface area contributed by atoms with E-state index in [2.05, 4.69) is 39.6 Å². The fourth-order valence-corrected chi connectivity index (χ4v) is 2.61. The molecule has 1 aromatic carbocycles. The van der Waals surface area contributed by atoms with E-state index in [1.54, 1.807) is 0 Å². The number of aromatic nitrogens is 2. The van der Waals surface area contributed by atoms with Crippen molar-refractivity contribution in [2.75, 3.05) is 11.9 Å². The second-order valence-electron chi connectivity index (χ2n) is 5.65. The quantitative estimate of drug-likeness (QED) is 0.897. The first-order chi connectivity index (χ1) is 9.63. The van der Waals surface area contributed by atoms with Crippen LogP contribution < -0.4 is 10.9 Å². The number of hydrogen-bond acceptors (Lipinski definition) is 3. The normalized spacial score (nSPS) is 16.6. The molecule has 20 heavy (non-hydrogen) atoms. The van der Waals surface area contributed by atoms with Crippen LogP contribution in [0.15, 0.2) is 35.1 Å². The van der Waals surface area contributed by atoms with Crippen molar-refractivity contribution in [2.45, 2.75) is 32.1 Å². The highest BCUT2D eigenvalue weighted by Gasteiger charge is 2.24. The smallest absolute Gasteiger partial charge is 0.252 e. The average Bonchev–Trinajstić information content (AvgIpc) is 2.39. The number of benzene rings is 1. The van der Waals surface area contributed by atoms with Crippen molar-refractivity contribution in [3.05, 3.63) is 57.6 Å². The number of nitrogens with one attached hydrogen (secondary N) is 2. The third-order valence-corrected chi connectivity index (χ3v) is 3.80. The first-order valence-corrected chi connectivity index (χ1v) is 7.06. The van der Waals surface area contributed by atoms with Crippen LogP contribution in [-0.4, -0.2) is 16.5 Å². The van der Waals surface area contributed by atoms with Crippen LogP contribution in [-0.2, 0) is 6.42 Å². The maximum Gasteiger partial charge on any atom is 0.252 e. The first kappa shape index (κ1) is 12.9. The zero-order valence-electron chi connectivity index (χ0n) is 11.8. The second-order valence-corrected chi connectivity index (χ2v) is 5.65. The Morgan fingerprint density at radius 3 is 2.95 bits per heavy atom. The summed E-state index contributed by atoms with van der Waals surface area (Å²) in [4.78, 5) is 18.8. The molecule has 1 atom stereocenters. The van der Waals surface area contributed by atoms with Gasteiger partial charge in [-0.1, -0.05) is 38.1 Å². The summed E-state index contributed by atoms with van der Waals surface area (Å²) < 4.78 is 0. The van der Waals surface area contributed by atoms with Gasteiger partial charge in [-0.15, -0.1) is 0 Å². The lowest BCUT2D eigenvalue weighted by Gasteiger charge is -2.30. The average molecular weight is 269 g/mol. The summed E-state index contributed by atoms with van der Waals surface area (Å²) in [5.74, 6) is 2.14. The molecule has 0 aliphatic heterocycles. The van der Waals surface area contributed by atoms with Gasteiger partial charge in [-0.2, -0.15) is 0 Å². The SMILES string of the molecule is CC(C)c1nc(NCC2Cc3ccccc32)cc(=O)[nH]1. The van der Waals surface area contributed by atoms with Crippen LogP contribution >= 0.6 is 0 Å². The monoisotopic (exact) mass is 269 g/mol. The molecule has 4 nitrogen and oxygen atoms in total. The Kier molecular flexibility index (Phi) is 3.30. The zero-order chi connectivity index (χ0) is 14.1. The van der Waals surface area contributed by atoms with Crippen molar-refractivity contribution in [2.24, 2.45) is 0 Å². The molecule has 2 N–H and O–H groups in total. The molecule has 2 aromatic rings. The van der Waals surface area contributed by atoms with Crippen molar-refractivity contribution in [1.82, 2.24) is 9.97 Å².